The second-order valence-electron chi connectivity index (χ2n) is 7.77. The molecule has 3 heterocycles. The summed E-state index contributed by atoms with van der Waals surface area (Å²) in [6, 6.07) is 7.07. The first-order valence-corrected chi connectivity index (χ1v) is 11.3. The Hall–Kier alpha value is -3.07. The fourth-order valence-corrected chi connectivity index (χ4v) is 4.23. The molecule has 1 amide bonds. The highest BCUT2D eigenvalue weighted by Crippen LogP contribution is 2.34. The number of aromatic hydroxyl groups is 1. The maximum atomic E-state index is 12.9. The van der Waals surface area contributed by atoms with Gasteiger partial charge in [0, 0.05) is 13.1 Å². The highest BCUT2D eigenvalue weighted by atomic mass is 32.1. The van der Waals surface area contributed by atoms with Gasteiger partial charge in [-0.1, -0.05) is 13.0 Å². The number of amides is 1. The summed E-state index contributed by atoms with van der Waals surface area (Å²) in [7, 11) is 0. The number of aryl methyl sites for hydroxylation is 1. The number of anilines is 3. The molecule has 164 valence electrons. The molecule has 0 aliphatic carbocycles. The van der Waals surface area contributed by atoms with Gasteiger partial charge in [0.05, 0.1) is 35.3 Å². The number of carbonyl (C=O) groups is 1. The highest BCUT2D eigenvalue weighted by molar-refractivity contribution is 6.99. The predicted molar refractivity (Wildman–Crippen MR) is 121 cm³/mol. The first-order valence-electron chi connectivity index (χ1n) is 10.6. The number of piperidine rings is 1. The number of likely N-dealkylation sites (tertiary alicyclic amines) is 1. The molecule has 0 bridgehead atoms. The molecule has 3 N–H and O–H groups in total. The molecule has 0 saturated carbocycles. The number of phenols is 1. The van der Waals surface area contributed by atoms with Crippen LogP contribution in [0, 0.1) is 6.92 Å². The number of nitrogens with zero attached hydrogens (tertiary/aromatic N) is 3. The van der Waals surface area contributed by atoms with Gasteiger partial charge in [-0.05, 0) is 56.4 Å². The van der Waals surface area contributed by atoms with E-state index in [0.29, 0.717) is 22.9 Å². The van der Waals surface area contributed by atoms with Crippen LogP contribution in [0.1, 0.15) is 60.3 Å². The van der Waals surface area contributed by atoms with Gasteiger partial charge in [0.1, 0.15) is 5.76 Å². The Morgan fingerprint density at radius 1 is 1.26 bits per heavy atom. The van der Waals surface area contributed by atoms with Crippen LogP contribution < -0.4 is 10.6 Å². The molecule has 3 aromatic rings. The van der Waals surface area contributed by atoms with Crippen molar-refractivity contribution in [1.29, 1.82) is 0 Å². The summed E-state index contributed by atoms with van der Waals surface area (Å²) < 4.78 is 14.3. The largest absolute Gasteiger partial charge is 0.505 e. The van der Waals surface area contributed by atoms with E-state index in [2.05, 4.69) is 26.3 Å². The van der Waals surface area contributed by atoms with Crippen LogP contribution in [0.4, 0.5) is 17.3 Å². The lowest BCUT2D eigenvalue weighted by molar-refractivity contribution is 0.0721. The fraction of sp³-hybridized carbons (Fsp3) is 0.409. The number of nitrogens with one attached hydrogen (secondary N) is 2. The summed E-state index contributed by atoms with van der Waals surface area (Å²) in [5, 5.41) is 17.3. The Morgan fingerprint density at radius 2 is 2.03 bits per heavy atom. The number of rotatable bonds is 7. The van der Waals surface area contributed by atoms with Gasteiger partial charge in [-0.15, -0.1) is 0 Å². The Bertz CT molecular complexity index is 1040. The molecular formula is C22H27N5O3S. The van der Waals surface area contributed by atoms with Crippen molar-refractivity contribution in [2.75, 3.05) is 23.7 Å². The third-order valence-corrected chi connectivity index (χ3v) is 5.99. The van der Waals surface area contributed by atoms with Gasteiger partial charge >= 0.3 is 0 Å². The zero-order chi connectivity index (χ0) is 21.8. The molecule has 9 heteroatoms. The fourth-order valence-electron chi connectivity index (χ4n) is 3.75. The van der Waals surface area contributed by atoms with Crippen LogP contribution in [0.15, 0.2) is 34.9 Å². The average Bonchev–Trinajstić information content (AvgIpc) is 3.42. The molecule has 1 atom stereocenters. The third-order valence-electron chi connectivity index (χ3n) is 5.46. The van der Waals surface area contributed by atoms with Crippen molar-refractivity contribution in [3.8, 4) is 5.75 Å². The minimum Gasteiger partial charge on any atom is -0.505 e. The zero-order valence-electron chi connectivity index (χ0n) is 17.7. The van der Waals surface area contributed by atoms with E-state index in [-0.39, 0.29) is 17.7 Å². The van der Waals surface area contributed by atoms with E-state index in [9.17, 15) is 9.90 Å². The van der Waals surface area contributed by atoms with E-state index < -0.39 is 0 Å². The Kier molecular flexibility index (Phi) is 6.41. The van der Waals surface area contributed by atoms with Crippen molar-refractivity contribution >= 4 is 35.0 Å². The van der Waals surface area contributed by atoms with Gasteiger partial charge in [0.25, 0.3) is 5.91 Å². The zero-order valence-corrected chi connectivity index (χ0v) is 18.5. The van der Waals surface area contributed by atoms with Crippen molar-refractivity contribution in [2.24, 2.45) is 0 Å². The van der Waals surface area contributed by atoms with Crippen LogP contribution in [0.5, 0.6) is 5.75 Å². The summed E-state index contributed by atoms with van der Waals surface area (Å²) in [5.41, 5.74) is 1.77. The van der Waals surface area contributed by atoms with Crippen molar-refractivity contribution < 1.29 is 14.3 Å². The van der Waals surface area contributed by atoms with E-state index in [1.807, 2.05) is 13.0 Å². The van der Waals surface area contributed by atoms with Crippen LogP contribution in [0.2, 0.25) is 0 Å². The summed E-state index contributed by atoms with van der Waals surface area (Å²) in [6.45, 7) is 5.50. The third kappa shape index (κ3) is 4.66. The average molecular weight is 442 g/mol. The van der Waals surface area contributed by atoms with E-state index in [0.717, 1.165) is 61.8 Å². The molecule has 31 heavy (non-hydrogen) atoms. The molecular weight excluding hydrogens is 414 g/mol. The summed E-state index contributed by atoms with van der Waals surface area (Å²) in [4.78, 5) is 14.7. The lowest BCUT2D eigenvalue weighted by Crippen LogP contribution is -2.35. The first kappa shape index (κ1) is 21.2. The van der Waals surface area contributed by atoms with Crippen molar-refractivity contribution in [1.82, 2.24) is 13.6 Å². The van der Waals surface area contributed by atoms with Crippen molar-refractivity contribution in [2.45, 2.75) is 45.6 Å². The molecule has 1 aliphatic heterocycles. The number of hydrogen-bond acceptors (Lipinski definition) is 8. The first-order chi connectivity index (χ1) is 15.1. The van der Waals surface area contributed by atoms with Crippen LogP contribution in [-0.4, -0.2) is 37.8 Å². The Labute approximate surface area is 185 Å². The molecule has 2 aromatic heterocycles. The van der Waals surface area contributed by atoms with Crippen LogP contribution in [-0.2, 0) is 0 Å². The minimum absolute atomic E-state index is 0.0567. The van der Waals surface area contributed by atoms with Crippen molar-refractivity contribution in [3.63, 3.8) is 0 Å². The molecule has 1 aromatic carbocycles. The Balaban J connectivity index is 1.53. The summed E-state index contributed by atoms with van der Waals surface area (Å²) >= 11 is 1.06. The summed E-state index contributed by atoms with van der Waals surface area (Å²) in [5.74, 6) is 1.67. The highest BCUT2D eigenvalue weighted by Gasteiger charge is 2.23. The SMILES string of the molecule is CC[C@@H](Nc1nsnc1Nc1cccc(C(=O)N2CCCCC2)c1O)c1cc(C)co1. The molecule has 0 radical (unpaired) electrons. The van der Waals surface area contributed by atoms with Gasteiger partial charge < -0.3 is 25.1 Å². The molecule has 1 saturated heterocycles. The molecule has 4 rings (SSSR count). The van der Waals surface area contributed by atoms with Crippen molar-refractivity contribution in [3.05, 3.63) is 47.4 Å². The normalized spacial score (nSPS) is 15.0. The van der Waals surface area contributed by atoms with Crippen LogP contribution in [0.3, 0.4) is 0 Å². The van der Waals surface area contributed by atoms with Gasteiger partial charge in [-0.2, -0.15) is 8.75 Å². The molecule has 0 unspecified atom stereocenters. The maximum absolute atomic E-state index is 12.9. The van der Waals surface area contributed by atoms with Gasteiger partial charge in [-0.3, -0.25) is 4.79 Å². The standard InChI is InChI=1S/C22H27N5O3S/c1-3-16(18-12-14(2)13-30-18)23-20-21(26-31-25-20)24-17-9-7-8-15(19(17)28)22(29)27-10-5-4-6-11-27/h7-9,12-13,16,28H,3-6,10-11H2,1-2H3,(H,23,25)(H,24,26)/t16-/m1/s1. The van der Waals surface area contributed by atoms with Crippen LogP contribution in [0.25, 0.3) is 0 Å². The molecule has 0 spiro atoms. The number of hydrogen-bond donors (Lipinski definition) is 3. The topological polar surface area (TPSA) is 104 Å². The van der Waals surface area contributed by atoms with E-state index in [1.165, 1.54) is 0 Å². The lowest BCUT2D eigenvalue weighted by atomic mass is 10.1. The number of furan rings is 1. The number of benzene rings is 1. The lowest BCUT2D eigenvalue weighted by Gasteiger charge is -2.27. The second kappa shape index (κ2) is 9.38. The number of aromatic nitrogens is 2. The number of phenolic OH excluding ortho intramolecular Hbond substituents is 1. The van der Waals surface area contributed by atoms with Gasteiger partial charge in [-0.25, -0.2) is 0 Å². The molecule has 1 aliphatic rings. The second-order valence-corrected chi connectivity index (χ2v) is 8.30. The minimum atomic E-state index is -0.144. The molecule has 1 fully saturated rings. The quantitative estimate of drug-likeness (QED) is 0.439. The molecule has 8 nitrogen and oxygen atoms in total. The van der Waals surface area contributed by atoms with Crippen LogP contribution >= 0.6 is 11.7 Å². The number of carbonyl (C=O) groups excluding carboxylic acids is 1. The van der Waals surface area contributed by atoms with Gasteiger partial charge in [0.15, 0.2) is 17.4 Å². The summed E-state index contributed by atoms with van der Waals surface area (Å²) in [6.07, 6.45) is 5.66. The smallest absolute Gasteiger partial charge is 0.257 e. The van der Waals surface area contributed by atoms with Gasteiger partial charge in [0.2, 0.25) is 0 Å². The van der Waals surface area contributed by atoms with E-state index in [1.54, 1.807) is 29.4 Å². The maximum Gasteiger partial charge on any atom is 0.257 e. The Morgan fingerprint density at radius 3 is 2.74 bits per heavy atom. The van der Waals surface area contributed by atoms with E-state index in [4.69, 9.17) is 4.42 Å². The monoisotopic (exact) mass is 441 g/mol. The predicted octanol–water partition coefficient (Wildman–Crippen LogP) is 5.08. The van der Waals surface area contributed by atoms with E-state index >= 15 is 0 Å². The number of para-hydroxylation sites is 1.